The zero-order valence-electron chi connectivity index (χ0n) is 7.79. The smallest absolute Gasteiger partial charge is 0.137 e. The minimum absolute atomic E-state index is 0.360. The Morgan fingerprint density at radius 2 is 2.14 bits per heavy atom. The van der Waals surface area contributed by atoms with Gasteiger partial charge in [0.15, 0.2) is 0 Å². The standard InChI is InChI=1S/C9H11N3OS/c1-14-8-4-2-7(3-5-8)6-9(13)11-12-10/h2-5,9,13H,6H2,1H3. The molecule has 14 heavy (non-hydrogen) atoms. The lowest BCUT2D eigenvalue weighted by Gasteiger charge is -2.04. The third-order valence-corrected chi connectivity index (χ3v) is 2.51. The molecule has 1 rings (SSSR count). The van der Waals surface area contributed by atoms with Gasteiger partial charge in [0, 0.05) is 16.2 Å². The minimum Gasteiger partial charge on any atom is -0.387 e. The number of aliphatic hydroxyl groups is 1. The molecule has 0 aliphatic heterocycles. The lowest BCUT2D eigenvalue weighted by molar-refractivity contribution is 0.183. The Bertz CT molecular complexity index is 332. The third kappa shape index (κ3) is 3.30. The van der Waals surface area contributed by atoms with Crippen molar-refractivity contribution in [3.8, 4) is 0 Å². The molecule has 0 bridgehead atoms. The molecule has 1 unspecified atom stereocenters. The number of nitrogens with zero attached hydrogens (tertiary/aromatic N) is 3. The molecular weight excluding hydrogens is 198 g/mol. The fourth-order valence-corrected chi connectivity index (χ4v) is 1.48. The summed E-state index contributed by atoms with van der Waals surface area (Å²) in [5.74, 6) is 0. The van der Waals surface area contributed by atoms with Gasteiger partial charge in [-0.05, 0) is 29.5 Å². The molecule has 0 aromatic heterocycles. The molecule has 4 nitrogen and oxygen atoms in total. The molecule has 0 amide bonds. The Kier molecular flexibility index (Phi) is 4.32. The normalized spacial score (nSPS) is 11.9. The molecule has 0 saturated heterocycles. The number of azide groups is 1. The molecule has 1 atom stereocenters. The van der Waals surface area contributed by atoms with E-state index in [-0.39, 0.29) is 0 Å². The Morgan fingerprint density at radius 3 is 2.64 bits per heavy atom. The maximum Gasteiger partial charge on any atom is 0.137 e. The van der Waals surface area contributed by atoms with E-state index >= 15 is 0 Å². The molecule has 1 aromatic carbocycles. The maximum absolute atomic E-state index is 9.20. The molecule has 0 fully saturated rings. The highest BCUT2D eigenvalue weighted by atomic mass is 32.2. The number of aliphatic hydroxyl groups excluding tert-OH is 1. The highest BCUT2D eigenvalue weighted by Crippen LogP contribution is 2.15. The highest BCUT2D eigenvalue weighted by molar-refractivity contribution is 7.98. The lowest BCUT2D eigenvalue weighted by Crippen LogP contribution is -2.05. The van der Waals surface area contributed by atoms with Gasteiger partial charge in [-0.15, -0.1) is 11.8 Å². The van der Waals surface area contributed by atoms with Gasteiger partial charge in [0.25, 0.3) is 0 Å². The monoisotopic (exact) mass is 209 g/mol. The quantitative estimate of drug-likeness (QED) is 0.358. The van der Waals surface area contributed by atoms with Crippen LogP contribution in [0.15, 0.2) is 34.3 Å². The van der Waals surface area contributed by atoms with Crippen molar-refractivity contribution in [3.63, 3.8) is 0 Å². The first kappa shape index (κ1) is 10.9. The molecule has 1 N–H and O–H groups in total. The van der Waals surface area contributed by atoms with Gasteiger partial charge in [0.05, 0.1) is 0 Å². The molecule has 0 saturated carbocycles. The van der Waals surface area contributed by atoms with Crippen LogP contribution in [0.25, 0.3) is 10.4 Å². The molecular formula is C9H11N3OS. The van der Waals surface area contributed by atoms with Crippen LogP contribution in [0, 0.1) is 0 Å². The van der Waals surface area contributed by atoms with E-state index in [1.807, 2.05) is 30.5 Å². The van der Waals surface area contributed by atoms with Gasteiger partial charge in [-0.1, -0.05) is 17.2 Å². The van der Waals surface area contributed by atoms with Crippen LogP contribution in [0.5, 0.6) is 0 Å². The number of benzene rings is 1. The largest absolute Gasteiger partial charge is 0.387 e. The predicted octanol–water partition coefficient (Wildman–Crippen LogP) is 2.58. The summed E-state index contributed by atoms with van der Waals surface area (Å²) >= 11 is 1.66. The van der Waals surface area contributed by atoms with Crippen molar-refractivity contribution in [1.29, 1.82) is 0 Å². The summed E-state index contributed by atoms with van der Waals surface area (Å²) in [7, 11) is 0. The first-order valence-corrected chi connectivity index (χ1v) is 5.34. The number of hydrogen-bond acceptors (Lipinski definition) is 3. The minimum atomic E-state index is -0.972. The summed E-state index contributed by atoms with van der Waals surface area (Å²) in [6.07, 6.45) is 1.39. The molecule has 0 heterocycles. The van der Waals surface area contributed by atoms with E-state index in [0.717, 1.165) is 5.56 Å². The average molecular weight is 209 g/mol. The van der Waals surface area contributed by atoms with E-state index in [9.17, 15) is 5.11 Å². The second-order valence-electron chi connectivity index (χ2n) is 2.74. The molecule has 74 valence electrons. The van der Waals surface area contributed by atoms with Crippen LogP contribution < -0.4 is 0 Å². The molecule has 5 heteroatoms. The first-order valence-electron chi connectivity index (χ1n) is 4.11. The van der Waals surface area contributed by atoms with Crippen LogP contribution in [0.1, 0.15) is 5.56 Å². The Hall–Kier alpha value is -1.16. The van der Waals surface area contributed by atoms with E-state index in [4.69, 9.17) is 5.53 Å². The first-order chi connectivity index (χ1) is 6.76. The summed E-state index contributed by atoms with van der Waals surface area (Å²) in [6.45, 7) is 0. The number of hydrogen-bond donors (Lipinski definition) is 1. The molecule has 1 aromatic rings. The Balaban J connectivity index is 2.63. The zero-order chi connectivity index (χ0) is 10.4. The zero-order valence-corrected chi connectivity index (χ0v) is 8.61. The van der Waals surface area contributed by atoms with Crippen LogP contribution in [-0.4, -0.2) is 17.6 Å². The molecule has 0 spiro atoms. The van der Waals surface area contributed by atoms with Crippen molar-refractivity contribution in [2.75, 3.05) is 6.26 Å². The van der Waals surface area contributed by atoms with Crippen molar-refractivity contribution >= 4 is 11.8 Å². The molecule has 0 radical (unpaired) electrons. The van der Waals surface area contributed by atoms with Crippen molar-refractivity contribution < 1.29 is 5.11 Å². The van der Waals surface area contributed by atoms with E-state index in [1.165, 1.54) is 4.90 Å². The predicted molar refractivity (Wildman–Crippen MR) is 57.1 cm³/mol. The number of rotatable bonds is 4. The highest BCUT2D eigenvalue weighted by Gasteiger charge is 2.01. The summed E-state index contributed by atoms with van der Waals surface area (Å²) in [5.41, 5.74) is 9.05. The fourth-order valence-electron chi connectivity index (χ4n) is 1.07. The van der Waals surface area contributed by atoms with Gasteiger partial charge < -0.3 is 5.11 Å². The van der Waals surface area contributed by atoms with Crippen molar-refractivity contribution in [3.05, 3.63) is 40.3 Å². The average Bonchev–Trinajstić information content (AvgIpc) is 2.19. The van der Waals surface area contributed by atoms with Crippen LogP contribution in [0.3, 0.4) is 0 Å². The van der Waals surface area contributed by atoms with Crippen molar-refractivity contribution in [2.45, 2.75) is 17.5 Å². The van der Waals surface area contributed by atoms with E-state index in [2.05, 4.69) is 10.0 Å². The maximum atomic E-state index is 9.20. The van der Waals surface area contributed by atoms with Crippen LogP contribution in [0.2, 0.25) is 0 Å². The number of thioether (sulfide) groups is 1. The second kappa shape index (κ2) is 5.54. The Morgan fingerprint density at radius 1 is 1.50 bits per heavy atom. The summed E-state index contributed by atoms with van der Waals surface area (Å²) < 4.78 is 0. The van der Waals surface area contributed by atoms with E-state index in [1.54, 1.807) is 11.8 Å². The SMILES string of the molecule is CSc1ccc(CC(O)N=[N+]=[N-])cc1. The molecule has 0 aliphatic carbocycles. The van der Waals surface area contributed by atoms with Gasteiger partial charge in [0.2, 0.25) is 0 Å². The van der Waals surface area contributed by atoms with Crippen LogP contribution in [0.4, 0.5) is 0 Å². The van der Waals surface area contributed by atoms with Crippen molar-refractivity contribution in [1.82, 2.24) is 0 Å². The van der Waals surface area contributed by atoms with E-state index in [0.29, 0.717) is 6.42 Å². The van der Waals surface area contributed by atoms with Gasteiger partial charge in [-0.3, -0.25) is 0 Å². The molecule has 0 aliphatic rings. The summed E-state index contributed by atoms with van der Waals surface area (Å²) in [6, 6.07) is 7.79. The van der Waals surface area contributed by atoms with Crippen molar-refractivity contribution in [2.24, 2.45) is 5.11 Å². The van der Waals surface area contributed by atoms with E-state index < -0.39 is 6.23 Å². The summed E-state index contributed by atoms with van der Waals surface area (Å²) in [5, 5.41) is 12.4. The fraction of sp³-hybridized carbons (Fsp3) is 0.333. The van der Waals surface area contributed by atoms with Gasteiger partial charge in [0.1, 0.15) is 6.23 Å². The van der Waals surface area contributed by atoms with Gasteiger partial charge in [-0.25, -0.2) is 0 Å². The Labute approximate surface area is 86.6 Å². The topological polar surface area (TPSA) is 69.0 Å². The summed E-state index contributed by atoms with van der Waals surface area (Å²) in [4.78, 5) is 3.71. The van der Waals surface area contributed by atoms with Crippen LogP contribution in [-0.2, 0) is 6.42 Å². The third-order valence-electron chi connectivity index (χ3n) is 1.76. The van der Waals surface area contributed by atoms with Gasteiger partial charge in [-0.2, -0.15) is 0 Å². The van der Waals surface area contributed by atoms with Crippen LogP contribution >= 0.6 is 11.8 Å². The lowest BCUT2D eigenvalue weighted by atomic mass is 10.1. The second-order valence-corrected chi connectivity index (χ2v) is 3.62. The van der Waals surface area contributed by atoms with Gasteiger partial charge >= 0.3 is 0 Å².